The summed E-state index contributed by atoms with van der Waals surface area (Å²) in [5.74, 6) is -4.53. The van der Waals surface area contributed by atoms with E-state index in [-0.39, 0.29) is 0 Å². The van der Waals surface area contributed by atoms with Crippen LogP contribution < -0.4 is 0 Å². The summed E-state index contributed by atoms with van der Waals surface area (Å²) < 4.78 is 25.7. The van der Waals surface area contributed by atoms with Crippen LogP contribution in [0.1, 0.15) is 0 Å². The van der Waals surface area contributed by atoms with Gasteiger partial charge >= 0.3 is 11.9 Å². The molecule has 0 spiro atoms. The van der Waals surface area contributed by atoms with E-state index in [0.717, 1.165) is 0 Å². The van der Waals surface area contributed by atoms with Gasteiger partial charge in [-0.25, -0.2) is 4.79 Å². The summed E-state index contributed by atoms with van der Waals surface area (Å²) in [7, 11) is 0. The zero-order valence-electron chi connectivity index (χ0n) is 18.0. The number of aliphatic hydroxyl groups excluding tert-OH is 11. The lowest BCUT2D eigenvalue weighted by molar-refractivity contribution is -0.498. The van der Waals surface area contributed by atoms with Gasteiger partial charge in [0.05, 0.1) is 19.8 Å². The number of hydrogen-bond donors (Lipinski definition) is 11. The number of carbonyl (C=O) groups excluding carboxylic acids is 1. The number of aliphatic hydroxyl groups is 11. The fourth-order valence-corrected chi connectivity index (χ4v) is 4.02. The van der Waals surface area contributed by atoms with Crippen LogP contribution in [0.3, 0.4) is 0 Å². The molecule has 0 radical (unpaired) electrons. The van der Waals surface area contributed by atoms with E-state index in [0.29, 0.717) is 0 Å². The van der Waals surface area contributed by atoms with Gasteiger partial charge in [0, 0.05) is 0 Å². The first-order valence-corrected chi connectivity index (χ1v) is 10.6. The quantitative estimate of drug-likeness (QED) is 0.110. The van der Waals surface area contributed by atoms with E-state index in [1.54, 1.807) is 0 Å². The molecule has 3 aliphatic heterocycles. The van der Waals surface area contributed by atoms with Crippen molar-refractivity contribution in [2.45, 2.75) is 85.5 Å². The smallest absolute Gasteiger partial charge is 0.338 e. The minimum Gasteiger partial charge on any atom is -0.455 e. The number of hydrogen-bond acceptors (Lipinski definition) is 17. The van der Waals surface area contributed by atoms with E-state index in [1.165, 1.54) is 0 Å². The van der Waals surface area contributed by atoms with Gasteiger partial charge < -0.3 is 79.9 Å². The molecule has 3 fully saturated rings. The van der Waals surface area contributed by atoms with Crippen LogP contribution in [-0.2, 0) is 28.5 Å². The molecule has 35 heavy (non-hydrogen) atoms. The maximum Gasteiger partial charge on any atom is 0.338 e. The Hall–Kier alpha value is -1.13. The molecule has 0 aromatic heterocycles. The SMILES string of the molecule is O=C1O[C@H](CO)[C@@H](O)[C@H](O[C@]2(O[C@@H]3[C@@H](O)[C@H](O)O[C@H](CO)[C@H]3O)O[C@H](CO)[C@@H](O)[C@H](O)[C@H]2O)[C@H]1O. The summed E-state index contributed by atoms with van der Waals surface area (Å²) in [6.45, 7) is -2.83. The Kier molecular flexibility index (Phi) is 9.01. The highest BCUT2D eigenvalue weighted by molar-refractivity contribution is 5.76. The normalized spacial score (nSPS) is 51.2. The first kappa shape index (κ1) is 28.4. The van der Waals surface area contributed by atoms with Gasteiger partial charge in [-0.15, -0.1) is 0 Å². The molecule has 0 aromatic rings. The van der Waals surface area contributed by atoms with E-state index in [1.807, 2.05) is 0 Å². The molecule has 0 amide bonds. The van der Waals surface area contributed by atoms with Gasteiger partial charge in [-0.1, -0.05) is 0 Å². The van der Waals surface area contributed by atoms with Crippen LogP contribution in [0.15, 0.2) is 0 Å². The number of esters is 1. The fraction of sp³-hybridized carbons (Fsp3) is 0.944. The fourth-order valence-electron chi connectivity index (χ4n) is 4.02. The van der Waals surface area contributed by atoms with Crippen LogP contribution in [0.25, 0.3) is 0 Å². The van der Waals surface area contributed by atoms with Gasteiger partial charge in [0.2, 0.25) is 0 Å². The molecule has 11 N–H and O–H groups in total. The maximum atomic E-state index is 12.0. The lowest BCUT2D eigenvalue weighted by Crippen LogP contribution is -2.73. The van der Waals surface area contributed by atoms with Crippen molar-refractivity contribution in [2.24, 2.45) is 0 Å². The summed E-state index contributed by atoms with van der Waals surface area (Å²) in [5.41, 5.74) is 0. The second-order valence-electron chi connectivity index (χ2n) is 8.36. The topological polar surface area (TPSA) is 286 Å². The first-order chi connectivity index (χ1) is 16.4. The lowest BCUT2D eigenvalue weighted by Gasteiger charge is -2.52. The highest BCUT2D eigenvalue weighted by atomic mass is 16.9. The van der Waals surface area contributed by atoms with Gasteiger partial charge in [0.1, 0.15) is 54.9 Å². The second-order valence-corrected chi connectivity index (χ2v) is 8.36. The van der Waals surface area contributed by atoms with Crippen molar-refractivity contribution in [3.8, 4) is 0 Å². The van der Waals surface area contributed by atoms with Gasteiger partial charge in [-0.2, -0.15) is 0 Å². The standard InChI is InChI=1S/C18H30O17/c19-1-4-8(23)13(11(26)16(29)31-4)34-18(15(28)10(25)7(22)6(3-21)33-18)35-14-9(24)5(2-20)32-17(30)12(14)27/h4-16,19-29H,1-3H2/t4-,5-,6-,7-,8-,9-,10+,11-,12-,13+,14+,15-,16-,18+/m1/s1. The Labute approximate surface area is 196 Å². The van der Waals surface area contributed by atoms with Crippen molar-refractivity contribution in [3.63, 3.8) is 0 Å². The molecule has 14 atom stereocenters. The van der Waals surface area contributed by atoms with E-state index in [9.17, 15) is 61.0 Å². The molecule has 3 aliphatic rings. The molecule has 17 nitrogen and oxygen atoms in total. The third kappa shape index (κ3) is 5.17. The van der Waals surface area contributed by atoms with Crippen LogP contribution >= 0.6 is 0 Å². The predicted molar refractivity (Wildman–Crippen MR) is 101 cm³/mol. The zero-order chi connectivity index (χ0) is 26.2. The molecule has 0 aromatic carbocycles. The van der Waals surface area contributed by atoms with E-state index < -0.39 is 111 Å². The molecule has 0 aliphatic carbocycles. The van der Waals surface area contributed by atoms with E-state index >= 15 is 0 Å². The predicted octanol–water partition coefficient (Wildman–Crippen LogP) is -8.04. The molecular weight excluding hydrogens is 488 g/mol. The second kappa shape index (κ2) is 11.1. The lowest BCUT2D eigenvalue weighted by atomic mass is 9.94. The minimum atomic E-state index is -3.15. The Morgan fingerprint density at radius 2 is 1.23 bits per heavy atom. The molecular formula is C18H30O17. The summed E-state index contributed by atoms with van der Waals surface area (Å²) in [4.78, 5) is 12.0. The maximum absolute atomic E-state index is 12.0. The first-order valence-electron chi connectivity index (χ1n) is 10.6. The third-order valence-corrected chi connectivity index (χ3v) is 6.07. The summed E-state index contributed by atoms with van der Waals surface area (Å²) >= 11 is 0. The Bertz CT molecular complexity index is 723. The van der Waals surface area contributed by atoms with Gasteiger partial charge in [0.15, 0.2) is 24.6 Å². The number of cyclic esters (lactones) is 1. The third-order valence-electron chi connectivity index (χ3n) is 6.07. The molecule has 3 rings (SSSR count). The van der Waals surface area contributed by atoms with Crippen molar-refractivity contribution in [2.75, 3.05) is 19.8 Å². The molecule has 204 valence electrons. The van der Waals surface area contributed by atoms with Crippen molar-refractivity contribution in [3.05, 3.63) is 0 Å². The van der Waals surface area contributed by atoms with Crippen LogP contribution in [-0.4, -0.2) is 167 Å². The van der Waals surface area contributed by atoms with E-state index in [4.69, 9.17) is 18.9 Å². The monoisotopic (exact) mass is 518 g/mol. The highest BCUT2D eigenvalue weighted by Crippen LogP contribution is 2.39. The molecule has 0 saturated carbocycles. The van der Waals surface area contributed by atoms with Crippen molar-refractivity contribution in [1.29, 1.82) is 0 Å². The Morgan fingerprint density at radius 1 is 0.686 bits per heavy atom. The summed E-state index contributed by atoms with van der Waals surface area (Å²) in [6.07, 6.45) is -26.0. The van der Waals surface area contributed by atoms with Crippen LogP contribution in [0.5, 0.6) is 0 Å². The number of carbonyl (C=O) groups is 1. The largest absolute Gasteiger partial charge is 0.455 e. The molecule has 3 heterocycles. The number of ether oxygens (including phenoxy) is 5. The molecule has 0 bridgehead atoms. The van der Waals surface area contributed by atoms with Gasteiger partial charge in [-0.3, -0.25) is 0 Å². The van der Waals surface area contributed by atoms with Crippen molar-refractivity contribution < 1.29 is 84.7 Å². The van der Waals surface area contributed by atoms with Crippen LogP contribution in [0.2, 0.25) is 0 Å². The highest BCUT2D eigenvalue weighted by Gasteiger charge is 2.62. The van der Waals surface area contributed by atoms with Crippen molar-refractivity contribution >= 4 is 5.97 Å². The Balaban J connectivity index is 2.03. The summed E-state index contributed by atoms with van der Waals surface area (Å²) in [6, 6.07) is 0. The number of rotatable bonds is 7. The van der Waals surface area contributed by atoms with Crippen molar-refractivity contribution in [1.82, 2.24) is 0 Å². The molecule has 3 saturated heterocycles. The average molecular weight is 518 g/mol. The zero-order valence-corrected chi connectivity index (χ0v) is 18.0. The average Bonchev–Trinajstić information content (AvgIpc) is 2.84. The van der Waals surface area contributed by atoms with Gasteiger partial charge in [0.25, 0.3) is 0 Å². The minimum absolute atomic E-state index is 0.882. The summed E-state index contributed by atoms with van der Waals surface area (Å²) in [5, 5.41) is 111. The van der Waals surface area contributed by atoms with E-state index in [2.05, 4.69) is 4.74 Å². The van der Waals surface area contributed by atoms with Gasteiger partial charge in [-0.05, 0) is 0 Å². The van der Waals surface area contributed by atoms with Crippen LogP contribution in [0, 0.1) is 0 Å². The Morgan fingerprint density at radius 3 is 1.80 bits per heavy atom. The molecule has 17 heteroatoms. The van der Waals surface area contributed by atoms with Crippen LogP contribution in [0.4, 0.5) is 0 Å². The molecule has 0 unspecified atom stereocenters.